The molecule has 0 aromatic heterocycles. The summed E-state index contributed by atoms with van der Waals surface area (Å²) >= 11 is 0. The van der Waals surface area contributed by atoms with Gasteiger partial charge < -0.3 is 10.2 Å². The molecule has 2 aliphatic rings. The van der Waals surface area contributed by atoms with Crippen molar-refractivity contribution in [2.45, 2.75) is 43.9 Å². The van der Waals surface area contributed by atoms with Gasteiger partial charge in [-0.15, -0.1) is 0 Å². The number of carboxylic acids is 2. The topological polar surface area (TPSA) is 109 Å². The fourth-order valence-electron chi connectivity index (χ4n) is 4.78. The lowest BCUT2D eigenvalue weighted by molar-refractivity contribution is -0.153. The van der Waals surface area contributed by atoms with Gasteiger partial charge in [0.2, 0.25) is 9.84 Å². The van der Waals surface area contributed by atoms with Gasteiger partial charge in [0, 0.05) is 11.5 Å². The summed E-state index contributed by atoms with van der Waals surface area (Å²) in [5, 5.41) is 20.0. The molecule has 3 rings (SSSR count). The molecule has 0 spiro atoms. The minimum absolute atomic E-state index is 0.0158. The van der Waals surface area contributed by atoms with Crippen LogP contribution in [-0.4, -0.2) is 30.6 Å². The van der Waals surface area contributed by atoms with Crippen LogP contribution in [0.5, 0.6) is 0 Å². The van der Waals surface area contributed by atoms with Gasteiger partial charge in [0.15, 0.2) is 0 Å². The summed E-state index contributed by atoms with van der Waals surface area (Å²) in [7, 11) is -4.10. The maximum Gasteiger partial charge on any atom is 0.331 e. The minimum atomic E-state index is -4.10. The summed E-state index contributed by atoms with van der Waals surface area (Å²) in [5.74, 6) is -3.91. The van der Waals surface area contributed by atoms with Crippen molar-refractivity contribution >= 4 is 21.8 Å². The van der Waals surface area contributed by atoms with E-state index in [1.807, 2.05) is 0 Å². The van der Waals surface area contributed by atoms with Crippen LogP contribution in [0.1, 0.15) is 39.0 Å². The second kappa shape index (κ2) is 7.54. The summed E-state index contributed by atoms with van der Waals surface area (Å²) in [4.78, 5) is 24.3. The molecule has 2 aliphatic carbocycles. The van der Waals surface area contributed by atoms with Crippen molar-refractivity contribution in [3.8, 4) is 0 Å². The van der Waals surface area contributed by atoms with Crippen molar-refractivity contribution in [1.29, 1.82) is 0 Å². The van der Waals surface area contributed by atoms with Crippen LogP contribution in [0.25, 0.3) is 0 Å². The molecule has 28 heavy (non-hydrogen) atoms. The number of benzene rings is 1. The Labute approximate surface area is 164 Å². The molecule has 6 nitrogen and oxygen atoms in total. The molecule has 1 aromatic carbocycles. The fraction of sp³-hybridized carbons (Fsp3) is 0.429. The van der Waals surface area contributed by atoms with Gasteiger partial charge in [0.1, 0.15) is 5.41 Å². The predicted octanol–water partition coefficient (Wildman–Crippen LogP) is 3.66. The highest BCUT2D eigenvalue weighted by Gasteiger charge is 2.59. The summed E-state index contributed by atoms with van der Waals surface area (Å²) in [6, 6.07) is 7.73. The zero-order valence-electron chi connectivity index (χ0n) is 15.7. The zero-order valence-corrected chi connectivity index (χ0v) is 16.5. The van der Waals surface area contributed by atoms with E-state index in [1.165, 1.54) is 31.2 Å². The summed E-state index contributed by atoms with van der Waals surface area (Å²) in [6.45, 7) is 1.52. The number of carboxylic acid groups (broad SMARTS) is 2. The molecule has 0 aliphatic heterocycles. The molecular weight excluding hydrogens is 380 g/mol. The van der Waals surface area contributed by atoms with Crippen LogP contribution in [0.15, 0.2) is 57.9 Å². The van der Waals surface area contributed by atoms with E-state index >= 15 is 0 Å². The maximum absolute atomic E-state index is 13.5. The standard InChI is InChI=1S/C21H24O6S/c1-14-17(19(22)23)12-13-18(28(26,27)16-10-6-3-7-11-16)21(14,20(24)25)15-8-4-2-5-9-15/h3,6-7,10-15H,2,4-5,8-9H2,1H3,(H,22,23)(H,24,25). The Balaban J connectivity index is 2.29. The normalized spacial score (nSPS) is 26.2. The minimum Gasteiger partial charge on any atom is -0.481 e. The third-order valence-corrected chi connectivity index (χ3v) is 8.11. The molecule has 0 radical (unpaired) electrons. The monoisotopic (exact) mass is 404 g/mol. The lowest BCUT2D eigenvalue weighted by Gasteiger charge is -2.46. The highest BCUT2D eigenvalue weighted by atomic mass is 32.2. The van der Waals surface area contributed by atoms with E-state index in [0.29, 0.717) is 12.8 Å². The van der Waals surface area contributed by atoms with Gasteiger partial charge in [-0.05, 0) is 37.0 Å². The summed E-state index contributed by atoms with van der Waals surface area (Å²) < 4.78 is 26.9. The molecule has 2 unspecified atom stereocenters. The average molecular weight is 404 g/mol. The van der Waals surface area contributed by atoms with Gasteiger partial charge in [0.25, 0.3) is 0 Å². The Morgan fingerprint density at radius 3 is 2.14 bits per heavy atom. The highest BCUT2D eigenvalue weighted by Crippen LogP contribution is 2.55. The van der Waals surface area contributed by atoms with Crippen molar-refractivity contribution in [2.24, 2.45) is 17.3 Å². The predicted molar refractivity (Wildman–Crippen MR) is 103 cm³/mol. The van der Waals surface area contributed by atoms with E-state index in [0.717, 1.165) is 19.3 Å². The van der Waals surface area contributed by atoms with Crippen LogP contribution in [0, 0.1) is 17.3 Å². The molecule has 0 saturated heterocycles. The van der Waals surface area contributed by atoms with Gasteiger partial charge in [-0.3, -0.25) is 4.79 Å². The van der Waals surface area contributed by atoms with E-state index in [4.69, 9.17) is 0 Å². The number of rotatable bonds is 5. The van der Waals surface area contributed by atoms with Crippen molar-refractivity contribution in [2.75, 3.05) is 0 Å². The zero-order chi connectivity index (χ0) is 20.5. The number of carbonyl (C=O) groups is 2. The average Bonchev–Trinajstić information content (AvgIpc) is 2.68. The molecule has 1 saturated carbocycles. The van der Waals surface area contributed by atoms with Crippen LogP contribution in [0.4, 0.5) is 0 Å². The molecule has 1 aromatic rings. The molecule has 2 N–H and O–H groups in total. The van der Waals surface area contributed by atoms with Crippen molar-refractivity contribution in [3.63, 3.8) is 0 Å². The van der Waals surface area contributed by atoms with Gasteiger partial charge in [0.05, 0.1) is 9.80 Å². The quantitative estimate of drug-likeness (QED) is 0.775. The lowest BCUT2D eigenvalue weighted by Crippen LogP contribution is -2.50. The first-order valence-corrected chi connectivity index (χ1v) is 10.9. The number of allylic oxidation sites excluding steroid dienone is 2. The highest BCUT2D eigenvalue weighted by molar-refractivity contribution is 7.95. The van der Waals surface area contributed by atoms with E-state index in [1.54, 1.807) is 18.2 Å². The van der Waals surface area contributed by atoms with Crippen LogP contribution in [0.3, 0.4) is 0 Å². The molecule has 2 atom stereocenters. The maximum atomic E-state index is 13.5. The number of hydrogen-bond donors (Lipinski definition) is 2. The number of sulfone groups is 1. The molecule has 0 amide bonds. The summed E-state index contributed by atoms with van der Waals surface area (Å²) in [6.07, 6.45) is 6.14. The smallest absolute Gasteiger partial charge is 0.331 e. The van der Waals surface area contributed by atoms with Crippen LogP contribution >= 0.6 is 0 Å². The Hall–Kier alpha value is -2.41. The van der Waals surface area contributed by atoms with E-state index in [-0.39, 0.29) is 15.4 Å². The first-order valence-electron chi connectivity index (χ1n) is 9.43. The molecule has 7 heteroatoms. The summed E-state index contributed by atoms with van der Waals surface area (Å²) in [5.41, 5.74) is -1.86. The fourth-order valence-corrected chi connectivity index (χ4v) is 6.67. The van der Waals surface area contributed by atoms with Crippen molar-refractivity contribution < 1.29 is 28.2 Å². The first kappa shape index (κ1) is 20.3. The molecule has 0 heterocycles. The Morgan fingerprint density at radius 1 is 1.00 bits per heavy atom. The van der Waals surface area contributed by atoms with Crippen LogP contribution < -0.4 is 0 Å². The lowest BCUT2D eigenvalue weighted by atomic mass is 9.59. The number of aliphatic carboxylic acids is 2. The third kappa shape index (κ3) is 3.07. The molecule has 1 fully saturated rings. The molecule has 150 valence electrons. The number of hydrogen-bond acceptors (Lipinski definition) is 4. The van der Waals surface area contributed by atoms with E-state index in [9.17, 15) is 28.2 Å². The van der Waals surface area contributed by atoms with Crippen LogP contribution in [0.2, 0.25) is 0 Å². The Morgan fingerprint density at radius 2 is 1.61 bits per heavy atom. The molecular formula is C21H24O6S. The Bertz CT molecular complexity index is 938. The Kier molecular flexibility index (Phi) is 5.48. The van der Waals surface area contributed by atoms with Gasteiger partial charge in [-0.25, -0.2) is 13.2 Å². The third-order valence-electron chi connectivity index (χ3n) is 6.16. The van der Waals surface area contributed by atoms with E-state index < -0.39 is 39.0 Å². The van der Waals surface area contributed by atoms with Crippen LogP contribution in [-0.2, 0) is 19.4 Å². The molecule has 0 bridgehead atoms. The largest absolute Gasteiger partial charge is 0.481 e. The van der Waals surface area contributed by atoms with Crippen molar-refractivity contribution in [1.82, 2.24) is 0 Å². The first-order chi connectivity index (χ1) is 13.2. The van der Waals surface area contributed by atoms with Gasteiger partial charge in [-0.2, -0.15) is 0 Å². The second-order valence-electron chi connectivity index (χ2n) is 7.51. The second-order valence-corrected chi connectivity index (χ2v) is 9.42. The SMILES string of the molecule is CC1C(C(=O)O)=CC=C(S(=O)(=O)c2ccccc2)C1(C(=O)O)C1CCCCC1. The van der Waals surface area contributed by atoms with Gasteiger partial charge >= 0.3 is 11.9 Å². The van der Waals surface area contributed by atoms with Gasteiger partial charge in [-0.1, -0.05) is 50.5 Å². The van der Waals surface area contributed by atoms with Crippen molar-refractivity contribution in [3.05, 3.63) is 53.0 Å². The van der Waals surface area contributed by atoms with E-state index in [2.05, 4.69) is 0 Å².